The Kier molecular flexibility index (Phi) is 19.0. The molecule has 0 spiro atoms. The third kappa shape index (κ3) is 13.0. The van der Waals surface area contributed by atoms with Crippen LogP contribution in [0.1, 0.15) is 108 Å². The first kappa shape index (κ1) is 73.5. The molecule has 119 heavy (non-hydrogen) atoms. The third-order valence-electron chi connectivity index (χ3n) is 24.8. The van der Waals surface area contributed by atoms with Crippen LogP contribution < -0.4 is 34.3 Å². The van der Waals surface area contributed by atoms with Crippen LogP contribution in [0.25, 0.3) is 110 Å². The van der Waals surface area contributed by atoms with Gasteiger partial charge in [0.25, 0.3) is 0 Å². The first-order chi connectivity index (χ1) is 58.5. The Morgan fingerprint density at radius 3 is 0.840 bits per heavy atom. The van der Waals surface area contributed by atoms with Gasteiger partial charge in [0.15, 0.2) is 27.9 Å². The highest BCUT2D eigenvalue weighted by Crippen LogP contribution is 2.52. The quantitative estimate of drug-likeness (QED) is 0.144. The van der Waals surface area contributed by atoms with E-state index in [9.17, 15) is 0 Å². The molecule has 17 aromatic rings. The van der Waals surface area contributed by atoms with Crippen molar-refractivity contribution in [3.8, 4) is 0 Å². The van der Waals surface area contributed by atoms with Gasteiger partial charge >= 0.3 is 0 Å². The van der Waals surface area contributed by atoms with E-state index < -0.39 is 18.1 Å². The Balaban J connectivity index is 0.000000104. The molecule has 0 radical (unpaired) electrons. The Morgan fingerprint density at radius 2 is 0.529 bits per heavy atom. The maximum atomic E-state index is 8.72. The van der Waals surface area contributed by atoms with Crippen molar-refractivity contribution in [1.29, 1.82) is 0 Å². The van der Waals surface area contributed by atoms with Crippen molar-refractivity contribution in [3.05, 3.63) is 296 Å². The molecular weight excluding hydrogens is 1470 g/mol. The van der Waals surface area contributed by atoms with E-state index in [4.69, 9.17) is 26.2 Å². The normalized spacial score (nSPS) is 18.2. The van der Waals surface area contributed by atoms with Gasteiger partial charge in [-0.25, -0.2) is 0 Å². The average Bonchev–Trinajstić information content (AvgIpc) is 1.58. The number of para-hydroxylation sites is 9. The van der Waals surface area contributed by atoms with E-state index in [1.807, 2.05) is 143 Å². The minimum absolute atomic E-state index is 0.00223. The van der Waals surface area contributed by atoms with E-state index in [2.05, 4.69) is 299 Å². The standard InChI is InChI=1S/C24H24N2O.C22H20N2O.2C20H22N2O.C18H18N2O/c1-15(2)25-17(4)26(21-11-7-6-10-20(21)25)23-16(3)13-14-19-18-9-5-8-12-22(18)27-24(19)23;1-14-12-13-17-16-8-4-7-11-20(16)25-22(17)21(14)24-15(2)23(3)18-9-5-6-10-19(18)24;2*1-13(2)21-11-12-22(15(21)4)19-14(3)9-10-17-16-7-5-6-8-18(16)23-20(17)19;1-12-8-9-15-14-6-4-5-7-16(14)21-18(15)17(12)20-11-10-19(3)13(20)2/h5-15,17H,1-4H3;4-13,15H,1-3H3;2*5-13,15H,1-4H3;4-11,13H,1-3H3/i15D;;2*13D;. The van der Waals surface area contributed by atoms with Crippen molar-refractivity contribution in [2.45, 2.75) is 160 Å². The predicted octanol–water partition coefficient (Wildman–Crippen LogP) is 27.4. The molecular formula is C104H106N10O5. The number of rotatable bonds is 8. The summed E-state index contributed by atoms with van der Waals surface area (Å²) in [6, 6.07) is 77.5. The fourth-order valence-corrected chi connectivity index (χ4v) is 18.6. The molecule has 22 rings (SSSR count). The molecule has 0 fully saturated rings. The SMILES string of the molecule is Cc1ccc2c(oc3ccccc32)c1N1C=CN(C)C1C.Cc1ccc2c(oc3ccccc32)c1N1c2ccccc2N(C)C1C.[2H]C(C)(C)N1C=CN(c2c(C)ccc3c2oc2ccccc23)C1C.[2H]C(C)(C)N1C=CN(c2c(C)ccc3c2oc2ccccc23)C1C.[2H]C(C)(C)N1c2ccccc2N(c2c(C)ccc3c2oc2ccccc23)C1C. The van der Waals surface area contributed by atoms with Crippen LogP contribution in [-0.2, 0) is 0 Å². The van der Waals surface area contributed by atoms with Crippen molar-refractivity contribution in [3.63, 3.8) is 0 Å². The van der Waals surface area contributed by atoms with E-state index in [-0.39, 0.29) is 24.7 Å². The van der Waals surface area contributed by atoms with Gasteiger partial charge in [-0.05, 0) is 193 Å². The van der Waals surface area contributed by atoms with Crippen molar-refractivity contribution < 1.29 is 26.2 Å². The molecule has 0 saturated heterocycles. The van der Waals surface area contributed by atoms with Crippen LogP contribution in [0.4, 0.5) is 51.2 Å². The largest absolute Gasteiger partial charge is 0.454 e. The highest BCUT2D eigenvalue weighted by molar-refractivity contribution is 6.15. The summed E-state index contributed by atoms with van der Waals surface area (Å²) in [6.45, 7) is 33.0. The van der Waals surface area contributed by atoms with Crippen molar-refractivity contribution in [1.82, 2.24) is 14.7 Å². The van der Waals surface area contributed by atoms with Crippen LogP contribution in [0.3, 0.4) is 0 Å². The maximum absolute atomic E-state index is 8.72. The van der Waals surface area contributed by atoms with Gasteiger partial charge in [0.1, 0.15) is 58.7 Å². The Morgan fingerprint density at radius 1 is 0.261 bits per heavy atom. The summed E-state index contributed by atoms with van der Waals surface area (Å²) in [6.07, 6.45) is 13.0. The zero-order valence-corrected chi connectivity index (χ0v) is 71.3. The average molecular weight is 1580 g/mol. The molecule has 0 N–H and O–H groups in total. The minimum atomic E-state index is -0.736. The number of benzene rings is 12. The van der Waals surface area contributed by atoms with Crippen LogP contribution in [-0.4, -0.2) is 77.7 Å². The van der Waals surface area contributed by atoms with Gasteiger partial charge in [-0.15, -0.1) is 0 Å². The lowest BCUT2D eigenvalue weighted by Gasteiger charge is -2.33. The summed E-state index contributed by atoms with van der Waals surface area (Å²) in [4.78, 5) is 22.2. The number of furan rings is 5. The number of fused-ring (bicyclic) bond motifs is 17. The summed E-state index contributed by atoms with van der Waals surface area (Å²) in [5, 5.41) is 11.5. The molecule has 5 aliphatic heterocycles. The summed E-state index contributed by atoms with van der Waals surface area (Å²) in [5.41, 5.74) is 25.5. The van der Waals surface area contributed by atoms with E-state index >= 15 is 0 Å². The third-order valence-corrected chi connectivity index (χ3v) is 24.8. The van der Waals surface area contributed by atoms with Gasteiger partial charge in [0, 0.05) is 123 Å². The van der Waals surface area contributed by atoms with E-state index in [1.165, 1.54) is 55.2 Å². The second-order valence-electron chi connectivity index (χ2n) is 32.8. The van der Waals surface area contributed by atoms with Crippen molar-refractivity contribution in [2.24, 2.45) is 0 Å². The predicted molar refractivity (Wildman–Crippen MR) is 499 cm³/mol. The fourth-order valence-electron chi connectivity index (χ4n) is 18.6. The van der Waals surface area contributed by atoms with Gasteiger partial charge in [-0.2, -0.15) is 0 Å². The molecule has 0 bridgehead atoms. The van der Waals surface area contributed by atoms with Gasteiger partial charge < -0.3 is 71.1 Å². The minimum Gasteiger partial charge on any atom is -0.454 e. The first-order valence-electron chi connectivity index (χ1n) is 43.0. The van der Waals surface area contributed by atoms with Crippen LogP contribution in [0.15, 0.2) is 290 Å². The molecule has 15 heteroatoms. The molecule has 0 saturated carbocycles. The number of anilines is 9. The number of aryl methyl sites for hydroxylation is 5. The van der Waals surface area contributed by atoms with E-state index in [0.29, 0.717) is 6.17 Å². The molecule has 12 aromatic carbocycles. The maximum Gasteiger partial charge on any atom is 0.159 e. The smallest absolute Gasteiger partial charge is 0.159 e. The summed E-state index contributed by atoms with van der Waals surface area (Å²) in [5.74, 6) is 0. The Hall–Kier alpha value is -13.1. The van der Waals surface area contributed by atoms with Gasteiger partial charge in [-0.3, -0.25) is 0 Å². The van der Waals surface area contributed by atoms with Crippen LogP contribution in [0, 0.1) is 34.6 Å². The molecule has 0 amide bonds. The monoisotopic (exact) mass is 1580 g/mol. The van der Waals surface area contributed by atoms with Crippen LogP contribution in [0.2, 0.25) is 0 Å². The van der Waals surface area contributed by atoms with Crippen LogP contribution >= 0.6 is 0 Å². The molecule has 5 aromatic heterocycles. The van der Waals surface area contributed by atoms with E-state index in [0.717, 1.165) is 134 Å². The second kappa shape index (κ2) is 30.7. The summed E-state index contributed by atoms with van der Waals surface area (Å²) in [7, 11) is 4.24. The molecule has 5 atom stereocenters. The Bertz CT molecular complexity index is 6850. The molecule has 602 valence electrons. The van der Waals surface area contributed by atoms with Gasteiger partial charge in [-0.1, -0.05) is 176 Å². The molecule has 5 unspecified atom stereocenters. The number of hydrogen-bond acceptors (Lipinski definition) is 15. The lowest BCUT2D eigenvalue weighted by atomic mass is 10.1. The summed E-state index contributed by atoms with van der Waals surface area (Å²) >= 11 is 0. The molecule has 5 aliphatic rings. The zero-order valence-electron chi connectivity index (χ0n) is 74.3. The highest BCUT2D eigenvalue weighted by atomic mass is 16.3. The lowest BCUT2D eigenvalue weighted by molar-refractivity contribution is 0.263. The molecule has 10 heterocycles. The molecule has 0 aliphatic carbocycles. The highest BCUT2D eigenvalue weighted by Gasteiger charge is 2.39. The van der Waals surface area contributed by atoms with Gasteiger partial charge in [0.05, 0.1) is 55.3 Å². The summed E-state index contributed by atoms with van der Waals surface area (Å²) < 4.78 is 56.7. The fraction of sp³-hybridized carbons (Fsp3) is 0.250. The van der Waals surface area contributed by atoms with Crippen LogP contribution in [0.5, 0.6) is 0 Å². The number of nitrogens with zero attached hydrogens (tertiary/aromatic N) is 10. The zero-order chi connectivity index (χ0) is 85.4. The topological polar surface area (TPSA) is 98.1 Å². The lowest BCUT2D eigenvalue weighted by Crippen LogP contribution is -2.42. The Labute approximate surface area is 701 Å². The van der Waals surface area contributed by atoms with Crippen molar-refractivity contribution in [2.75, 3.05) is 48.4 Å². The van der Waals surface area contributed by atoms with Crippen molar-refractivity contribution >= 4 is 161 Å². The number of hydrogen-bond donors (Lipinski definition) is 0. The molecule has 15 nitrogen and oxygen atoms in total. The first-order valence-corrected chi connectivity index (χ1v) is 41.5. The second-order valence-corrected chi connectivity index (χ2v) is 32.8. The van der Waals surface area contributed by atoms with Gasteiger partial charge in [0.2, 0.25) is 0 Å². The van der Waals surface area contributed by atoms with E-state index in [1.54, 1.807) is 0 Å².